The van der Waals surface area contributed by atoms with Crippen LogP contribution in [0.15, 0.2) is 22.7 Å². The Balaban J connectivity index is 2.87. The van der Waals surface area contributed by atoms with Crippen LogP contribution in [0.4, 0.5) is 0 Å². The zero-order valence-corrected chi connectivity index (χ0v) is 9.30. The summed E-state index contributed by atoms with van der Waals surface area (Å²) in [6, 6.07) is 5.96. The smallest absolute Gasteiger partial charge is 0.123 e. The van der Waals surface area contributed by atoms with Gasteiger partial charge in [0.2, 0.25) is 0 Å². The van der Waals surface area contributed by atoms with Crippen LogP contribution in [0.2, 0.25) is 0 Å². The SMILES string of the molecule is COc1cccc(Br)c1CCCN. The largest absolute Gasteiger partial charge is 0.496 e. The van der Waals surface area contributed by atoms with Gasteiger partial charge in [0.15, 0.2) is 0 Å². The molecule has 0 radical (unpaired) electrons. The number of halogens is 1. The molecule has 0 heterocycles. The number of rotatable bonds is 4. The maximum absolute atomic E-state index is 5.46. The van der Waals surface area contributed by atoms with Gasteiger partial charge >= 0.3 is 0 Å². The Morgan fingerprint density at radius 3 is 2.85 bits per heavy atom. The van der Waals surface area contributed by atoms with E-state index in [1.165, 1.54) is 5.56 Å². The van der Waals surface area contributed by atoms with E-state index in [9.17, 15) is 0 Å². The van der Waals surface area contributed by atoms with Crippen molar-refractivity contribution >= 4 is 15.9 Å². The minimum atomic E-state index is 0.713. The van der Waals surface area contributed by atoms with E-state index in [-0.39, 0.29) is 0 Å². The third kappa shape index (κ3) is 2.71. The molecule has 0 atom stereocenters. The van der Waals surface area contributed by atoms with Crippen molar-refractivity contribution in [2.75, 3.05) is 13.7 Å². The molecule has 72 valence electrons. The molecule has 0 amide bonds. The minimum absolute atomic E-state index is 0.713. The molecular formula is C10H14BrNO. The average Bonchev–Trinajstić information content (AvgIpc) is 2.15. The van der Waals surface area contributed by atoms with Gasteiger partial charge < -0.3 is 10.5 Å². The maximum atomic E-state index is 5.46. The third-order valence-corrected chi connectivity index (χ3v) is 2.67. The fourth-order valence-electron chi connectivity index (χ4n) is 1.25. The van der Waals surface area contributed by atoms with Crippen molar-refractivity contribution in [1.82, 2.24) is 0 Å². The van der Waals surface area contributed by atoms with Crippen LogP contribution in [-0.4, -0.2) is 13.7 Å². The van der Waals surface area contributed by atoms with Crippen molar-refractivity contribution in [3.05, 3.63) is 28.2 Å². The Bertz CT molecular complexity index is 276. The Hall–Kier alpha value is -0.540. The van der Waals surface area contributed by atoms with Crippen LogP contribution in [0.1, 0.15) is 12.0 Å². The number of ether oxygens (including phenoxy) is 1. The summed E-state index contributed by atoms with van der Waals surface area (Å²) in [6.07, 6.45) is 1.94. The molecule has 2 N–H and O–H groups in total. The predicted molar refractivity (Wildman–Crippen MR) is 58.1 cm³/mol. The highest BCUT2D eigenvalue weighted by atomic mass is 79.9. The summed E-state index contributed by atoms with van der Waals surface area (Å²) < 4.78 is 6.35. The molecule has 0 aliphatic carbocycles. The lowest BCUT2D eigenvalue weighted by molar-refractivity contribution is 0.409. The van der Waals surface area contributed by atoms with Crippen molar-refractivity contribution in [3.63, 3.8) is 0 Å². The van der Waals surface area contributed by atoms with Crippen LogP contribution in [0.5, 0.6) is 5.75 Å². The molecule has 2 nitrogen and oxygen atoms in total. The van der Waals surface area contributed by atoms with Crippen molar-refractivity contribution in [2.45, 2.75) is 12.8 Å². The molecule has 0 aliphatic rings. The summed E-state index contributed by atoms with van der Waals surface area (Å²) in [6.45, 7) is 0.713. The van der Waals surface area contributed by atoms with E-state index in [1.807, 2.05) is 18.2 Å². The molecule has 3 heteroatoms. The zero-order valence-electron chi connectivity index (χ0n) is 7.72. The molecule has 0 bridgehead atoms. The van der Waals surface area contributed by atoms with Crippen molar-refractivity contribution in [3.8, 4) is 5.75 Å². The lowest BCUT2D eigenvalue weighted by atomic mass is 10.1. The van der Waals surface area contributed by atoms with E-state index in [4.69, 9.17) is 10.5 Å². The Labute approximate surface area is 87.2 Å². The summed E-state index contributed by atoms with van der Waals surface area (Å²) in [7, 11) is 1.69. The van der Waals surface area contributed by atoms with Gasteiger partial charge in [0.1, 0.15) is 5.75 Å². The van der Waals surface area contributed by atoms with Gasteiger partial charge in [-0.3, -0.25) is 0 Å². The van der Waals surface area contributed by atoms with Crippen LogP contribution in [0, 0.1) is 0 Å². The van der Waals surface area contributed by atoms with Gasteiger partial charge in [-0.2, -0.15) is 0 Å². The van der Waals surface area contributed by atoms with Gasteiger partial charge in [0.25, 0.3) is 0 Å². The van der Waals surface area contributed by atoms with Crippen LogP contribution in [-0.2, 0) is 6.42 Å². The van der Waals surface area contributed by atoms with Gasteiger partial charge in [0, 0.05) is 10.0 Å². The van der Waals surface area contributed by atoms with Gasteiger partial charge in [-0.05, 0) is 31.5 Å². The van der Waals surface area contributed by atoms with Crippen LogP contribution in [0.3, 0.4) is 0 Å². The van der Waals surface area contributed by atoms with Crippen molar-refractivity contribution in [2.24, 2.45) is 5.73 Å². The van der Waals surface area contributed by atoms with Crippen LogP contribution < -0.4 is 10.5 Å². The Morgan fingerprint density at radius 1 is 1.46 bits per heavy atom. The molecule has 0 spiro atoms. The predicted octanol–water partition coefficient (Wildman–Crippen LogP) is 2.35. The number of nitrogens with two attached hydrogens (primary N) is 1. The second-order valence-electron chi connectivity index (χ2n) is 2.81. The van der Waals surface area contributed by atoms with Gasteiger partial charge in [-0.15, -0.1) is 0 Å². The van der Waals surface area contributed by atoms with E-state index in [0.29, 0.717) is 6.54 Å². The highest BCUT2D eigenvalue weighted by molar-refractivity contribution is 9.10. The normalized spacial score (nSPS) is 10.1. The number of hydrogen-bond donors (Lipinski definition) is 1. The standard InChI is InChI=1S/C10H14BrNO/c1-13-10-6-2-5-9(11)8(10)4-3-7-12/h2,5-6H,3-4,7,12H2,1H3. The topological polar surface area (TPSA) is 35.2 Å². The fraction of sp³-hybridized carbons (Fsp3) is 0.400. The zero-order chi connectivity index (χ0) is 9.68. The van der Waals surface area contributed by atoms with Crippen molar-refractivity contribution in [1.29, 1.82) is 0 Å². The first-order valence-electron chi connectivity index (χ1n) is 4.31. The highest BCUT2D eigenvalue weighted by Gasteiger charge is 2.05. The quantitative estimate of drug-likeness (QED) is 0.882. The first-order valence-corrected chi connectivity index (χ1v) is 5.10. The number of benzene rings is 1. The summed E-state index contributed by atoms with van der Waals surface area (Å²) in [5.74, 6) is 0.933. The van der Waals surface area contributed by atoms with Gasteiger partial charge in [-0.25, -0.2) is 0 Å². The molecule has 0 fully saturated rings. The summed E-state index contributed by atoms with van der Waals surface area (Å²) in [5, 5.41) is 0. The first-order chi connectivity index (χ1) is 6.29. The first kappa shape index (κ1) is 10.5. The monoisotopic (exact) mass is 243 g/mol. The molecule has 1 aromatic carbocycles. The second-order valence-corrected chi connectivity index (χ2v) is 3.67. The molecular weight excluding hydrogens is 230 g/mol. The van der Waals surface area contributed by atoms with E-state index < -0.39 is 0 Å². The molecule has 0 aliphatic heterocycles. The highest BCUT2D eigenvalue weighted by Crippen LogP contribution is 2.27. The number of methoxy groups -OCH3 is 1. The Morgan fingerprint density at radius 2 is 2.23 bits per heavy atom. The molecule has 1 aromatic rings. The Kier molecular flexibility index (Phi) is 4.25. The number of hydrogen-bond acceptors (Lipinski definition) is 2. The molecule has 0 saturated carbocycles. The van der Waals surface area contributed by atoms with Gasteiger partial charge in [-0.1, -0.05) is 22.0 Å². The van der Waals surface area contributed by atoms with Crippen LogP contribution >= 0.6 is 15.9 Å². The molecule has 0 saturated heterocycles. The summed E-state index contributed by atoms with van der Waals surface area (Å²) in [5.41, 5.74) is 6.67. The van der Waals surface area contributed by atoms with E-state index >= 15 is 0 Å². The summed E-state index contributed by atoms with van der Waals surface area (Å²) in [4.78, 5) is 0. The van der Waals surface area contributed by atoms with Gasteiger partial charge in [0.05, 0.1) is 7.11 Å². The lowest BCUT2D eigenvalue weighted by Gasteiger charge is -2.09. The van der Waals surface area contributed by atoms with E-state index in [2.05, 4.69) is 15.9 Å². The molecule has 0 aromatic heterocycles. The fourth-order valence-corrected chi connectivity index (χ4v) is 1.80. The maximum Gasteiger partial charge on any atom is 0.123 e. The van der Waals surface area contributed by atoms with Crippen LogP contribution in [0.25, 0.3) is 0 Å². The average molecular weight is 244 g/mol. The molecule has 13 heavy (non-hydrogen) atoms. The van der Waals surface area contributed by atoms with Crippen molar-refractivity contribution < 1.29 is 4.74 Å². The summed E-state index contributed by atoms with van der Waals surface area (Å²) >= 11 is 3.50. The second kappa shape index (κ2) is 5.25. The van der Waals surface area contributed by atoms with E-state index in [1.54, 1.807) is 7.11 Å². The third-order valence-electron chi connectivity index (χ3n) is 1.93. The molecule has 1 rings (SSSR count). The van der Waals surface area contributed by atoms with E-state index in [0.717, 1.165) is 23.1 Å². The molecule has 0 unspecified atom stereocenters. The lowest BCUT2D eigenvalue weighted by Crippen LogP contribution is -2.02. The minimum Gasteiger partial charge on any atom is -0.496 e.